The van der Waals surface area contributed by atoms with Crippen LogP contribution in [0.5, 0.6) is 0 Å². The van der Waals surface area contributed by atoms with Crippen molar-refractivity contribution in [3.05, 3.63) is 23.9 Å². The molecule has 150 valence electrons. The molecule has 2 fully saturated rings. The number of nitrogens with zero attached hydrogens (tertiary/aromatic N) is 4. The zero-order chi connectivity index (χ0) is 19.2. The van der Waals surface area contributed by atoms with Gasteiger partial charge in [-0.3, -0.25) is 9.69 Å². The number of amides is 1. The summed E-state index contributed by atoms with van der Waals surface area (Å²) in [6, 6.07) is 7.14. The van der Waals surface area contributed by atoms with Gasteiger partial charge in [0.25, 0.3) is 5.91 Å². The molecule has 1 aromatic rings. The number of anilines is 1. The lowest BCUT2D eigenvalue weighted by molar-refractivity contribution is 0.0951. The fourth-order valence-corrected chi connectivity index (χ4v) is 4.28. The van der Waals surface area contributed by atoms with E-state index in [1.165, 1.54) is 32.5 Å². The lowest BCUT2D eigenvalue weighted by atomic mass is 10.0. The maximum Gasteiger partial charge on any atom is 0.269 e. The van der Waals surface area contributed by atoms with Gasteiger partial charge in [0.05, 0.1) is 0 Å². The van der Waals surface area contributed by atoms with Crippen molar-refractivity contribution in [2.45, 2.75) is 52.1 Å². The fourth-order valence-electron chi connectivity index (χ4n) is 4.28. The van der Waals surface area contributed by atoms with Crippen LogP contribution in [0, 0.1) is 0 Å². The normalized spacial score (nSPS) is 20.7. The Labute approximate surface area is 163 Å². The number of pyridine rings is 1. The van der Waals surface area contributed by atoms with E-state index < -0.39 is 0 Å². The Balaban J connectivity index is 1.57. The van der Waals surface area contributed by atoms with Gasteiger partial charge in [0.1, 0.15) is 11.5 Å². The first-order valence-corrected chi connectivity index (χ1v) is 10.6. The van der Waals surface area contributed by atoms with E-state index in [2.05, 4.69) is 38.8 Å². The average molecular weight is 374 g/mol. The molecule has 2 aliphatic heterocycles. The SMILES string of the molecule is CCNC(=O)c1cccc(N2CCCN(C3CCN(C(C)C)CC3)CC2)n1. The smallest absolute Gasteiger partial charge is 0.269 e. The van der Waals surface area contributed by atoms with Gasteiger partial charge < -0.3 is 15.1 Å². The van der Waals surface area contributed by atoms with E-state index >= 15 is 0 Å². The number of carbonyl (C=O) groups is 1. The van der Waals surface area contributed by atoms with Gasteiger partial charge in [-0.1, -0.05) is 6.07 Å². The van der Waals surface area contributed by atoms with E-state index in [9.17, 15) is 4.79 Å². The summed E-state index contributed by atoms with van der Waals surface area (Å²) in [5.41, 5.74) is 0.511. The van der Waals surface area contributed by atoms with Gasteiger partial charge in [-0.2, -0.15) is 0 Å². The third kappa shape index (κ3) is 5.20. The number of likely N-dealkylation sites (tertiary alicyclic amines) is 1. The van der Waals surface area contributed by atoms with Crippen molar-refractivity contribution in [3.63, 3.8) is 0 Å². The third-order valence-corrected chi connectivity index (χ3v) is 5.90. The maximum atomic E-state index is 12.1. The van der Waals surface area contributed by atoms with Gasteiger partial charge in [-0.15, -0.1) is 0 Å². The zero-order valence-corrected chi connectivity index (χ0v) is 17.2. The van der Waals surface area contributed by atoms with Gasteiger partial charge in [-0.25, -0.2) is 4.98 Å². The lowest BCUT2D eigenvalue weighted by Crippen LogP contribution is -2.47. The molecule has 3 heterocycles. The van der Waals surface area contributed by atoms with Crippen molar-refractivity contribution in [3.8, 4) is 0 Å². The van der Waals surface area contributed by atoms with Crippen molar-refractivity contribution in [1.82, 2.24) is 20.1 Å². The third-order valence-electron chi connectivity index (χ3n) is 5.90. The molecule has 1 aromatic heterocycles. The Morgan fingerprint density at radius 2 is 1.93 bits per heavy atom. The molecule has 27 heavy (non-hydrogen) atoms. The molecular weight excluding hydrogens is 338 g/mol. The summed E-state index contributed by atoms with van der Waals surface area (Å²) in [6.45, 7) is 13.8. The fraction of sp³-hybridized carbons (Fsp3) is 0.714. The molecule has 1 amide bonds. The molecule has 0 aromatic carbocycles. The highest BCUT2D eigenvalue weighted by Gasteiger charge is 2.27. The van der Waals surface area contributed by atoms with E-state index in [4.69, 9.17) is 0 Å². The van der Waals surface area contributed by atoms with E-state index in [1.54, 1.807) is 6.07 Å². The van der Waals surface area contributed by atoms with Crippen LogP contribution in [0.15, 0.2) is 18.2 Å². The molecule has 0 spiro atoms. The van der Waals surface area contributed by atoms with Gasteiger partial charge in [0.15, 0.2) is 0 Å². The Morgan fingerprint density at radius 1 is 1.15 bits per heavy atom. The minimum absolute atomic E-state index is 0.0901. The first-order valence-electron chi connectivity index (χ1n) is 10.6. The number of hydrogen-bond donors (Lipinski definition) is 1. The second-order valence-electron chi connectivity index (χ2n) is 7.98. The number of nitrogens with one attached hydrogen (secondary N) is 1. The predicted molar refractivity (Wildman–Crippen MR) is 110 cm³/mol. The summed E-state index contributed by atoms with van der Waals surface area (Å²) in [6.07, 6.45) is 3.71. The summed E-state index contributed by atoms with van der Waals surface area (Å²) < 4.78 is 0. The lowest BCUT2D eigenvalue weighted by Gasteiger charge is -2.39. The van der Waals surface area contributed by atoms with Crippen molar-refractivity contribution < 1.29 is 4.79 Å². The summed E-state index contributed by atoms with van der Waals surface area (Å²) in [5, 5.41) is 2.83. The highest BCUT2D eigenvalue weighted by Crippen LogP contribution is 2.21. The highest BCUT2D eigenvalue weighted by atomic mass is 16.1. The monoisotopic (exact) mass is 373 g/mol. The van der Waals surface area contributed by atoms with Gasteiger partial charge in [0, 0.05) is 44.8 Å². The first kappa shape index (κ1) is 20.1. The van der Waals surface area contributed by atoms with Crippen LogP contribution < -0.4 is 10.2 Å². The number of aromatic nitrogens is 1. The van der Waals surface area contributed by atoms with Crippen LogP contribution in [0.4, 0.5) is 5.82 Å². The van der Waals surface area contributed by atoms with E-state index in [1.807, 2.05) is 19.1 Å². The van der Waals surface area contributed by atoms with Gasteiger partial charge in [0.2, 0.25) is 0 Å². The molecule has 0 radical (unpaired) electrons. The molecule has 3 rings (SSSR count). The summed E-state index contributed by atoms with van der Waals surface area (Å²) >= 11 is 0. The van der Waals surface area contributed by atoms with Crippen LogP contribution in [-0.2, 0) is 0 Å². The number of carbonyl (C=O) groups excluding carboxylic acids is 1. The number of piperidine rings is 1. The van der Waals surface area contributed by atoms with Crippen molar-refractivity contribution in [2.75, 3.05) is 50.7 Å². The second-order valence-corrected chi connectivity index (χ2v) is 7.98. The molecule has 0 unspecified atom stereocenters. The van der Waals surface area contributed by atoms with Crippen LogP contribution in [-0.4, -0.2) is 78.6 Å². The Kier molecular flexibility index (Phi) is 7.07. The van der Waals surface area contributed by atoms with Crippen molar-refractivity contribution >= 4 is 11.7 Å². The first-order chi connectivity index (χ1) is 13.1. The summed E-state index contributed by atoms with van der Waals surface area (Å²) in [5.74, 6) is 0.836. The largest absolute Gasteiger partial charge is 0.355 e. The standard InChI is InChI=1S/C21H35N5O/c1-4-22-21(27)19-7-5-8-20(23-19)26-12-6-11-25(15-16-26)18-9-13-24(14-10-18)17(2)3/h5,7-8,17-18H,4,6,9-16H2,1-3H3,(H,22,27). The molecule has 6 heteroatoms. The second kappa shape index (κ2) is 9.51. The maximum absolute atomic E-state index is 12.1. The zero-order valence-electron chi connectivity index (χ0n) is 17.2. The van der Waals surface area contributed by atoms with Crippen LogP contribution in [0.25, 0.3) is 0 Å². The topological polar surface area (TPSA) is 51.7 Å². The number of hydrogen-bond acceptors (Lipinski definition) is 5. The molecular formula is C21H35N5O. The molecule has 0 aliphatic carbocycles. The van der Waals surface area contributed by atoms with Crippen LogP contribution >= 0.6 is 0 Å². The average Bonchev–Trinajstić information content (AvgIpc) is 2.94. The number of rotatable bonds is 5. The molecule has 1 N–H and O–H groups in total. The minimum Gasteiger partial charge on any atom is -0.355 e. The molecule has 0 atom stereocenters. The van der Waals surface area contributed by atoms with Crippen LogP contribution in [0.1, 0.15) is 50.5 Å². The van der Waals surface area contributed by atoms with E-state index in [0.29, 0.717) is 18.3 Å². The van der Waals surface area contributed by atoms with Gasteiger partial charge in [-0.05, 0) is 65.3 Å². The molecule has 6 nitrogen and oxygen atoms in total. The molecule has 0 saturated carbocycles. The Hall–Kier alpha value is -1.66. The summed E-state index contributed by atoms with van der Waals surface area (Å²) in [7, 11) is 0. The van der Waals surface area contributed by atoms with Crippen molar-refractivity contribution in [1.29, 1.82) is 0 Å². The predicted octanol–water partition coefficient (Wildman–Crippen LogP) is 2.22. The van der Waals surface area contributed by atoms with Crippen LogP contribution in [0.3, 0.4) is 0 Å². The highest BCUT2D eigenvalue weighted by molar-refractivity contribution is 5.92. The Morgan fingerprint density at radius 3 is 2.63 bits per heavy atom. The summed E-state index contributed by atoms with van der Waals surface area (Å²) in [4.78, 5) is 24.3. The quantitative estimate of drug-likeness (QED) is 0.858. The van der Waals surface area contributed by atoms with Gasteiger partial charge >= 0.3 is 0 Å². The van der Waals surface area contributed by atoms with E-state index in [-0.39, 0.29) is 5.91 Å². The minimum atomic E-state index is -0.0901. The molecule has 2 saturated heterocycles. The van der Waals surface area contributed by atoms with E-state index in [0.717, 1.165) is 37.9 Å². The molecule has 2 aliphatic rings. The Bertz CT molecular complexity index is 612. The van der Waals surface area contributed by atoms with Crippen LogP contribution in [0.2, 0.25) is 0 Å². The molecule has 0 bridgehead atoms. The van der Waals surface area contributed by atoms with Crippen molar-refractivity contribution in [2.24, 2.45) is 0 Å².